The highest BCUT2D eigenvalue weighted by molar-refractivity contribution is 7.98. The summed E-state index contributed by atoms with van der Waals surface area (Å²) in [6.07, 6.45) is 3.71. The average molecular weight is 283 g/mol. The first-order valence-corrected chi connectivity index (χ1v) is 7.06. The van der Waals surface area contributed by atoms with Crippen molar-refractivity contribution in [2.24, 2.45) is 7.05 Å². The Morgan fingerprint density at radius 3 is 2.94 bits per heavy atom. The SMILES string of the molecule is CCNc1ccc(Cl)c(CSc2nccn2C)n1. The number of rotatable bonds is 5. The maximum absolute atomic E-state index is 6.15. The topological polar surface area (TPSA) is 42.7 Å². The van der Waals surface area contributed by atoms with Crippen molar-refractivity contribution in [3.8, 4) is 0 Å². The van der Waals surface area contributed by atoms with Crippen molar-refractivity contribution in [1.82, 2.24) is 14.5 Å². The lowest BCUT2D eigenvalue weighted by Crippen LogP contribution is -2.01. The highest BCUT2D eigenvalue weighted by Crippen LogP contribution is 2.25. The molecule has 96 valence electrons. The van der Waals surface area contributed by atoms with Gasteiger partial charge in [0.2, 0.25) is 0 Å². The minimum Gasteiger partial charge on any atom is -0.370 e. The summed E-state index contributed by atoms with van der Waals surface area (Å²) in [7, 11) is 1.97. The van der Waals surface area contributed by atoms with Gasteiger partial charge >= 0.3 is 0 Å². The molecule has 0 aromatic carbocycles. The summed E-state index contributed by atoms with van der Waals surface area (Å²) in [5.41, 5.74) is 0.878. The molecule has 0 aliphatic heterocycles. The van der Waals surface area contributed by atoms with Crippen molar-refractivity contribution in [3.05, 3.63) is 35.2 Å². The van der Waals surface area contributed by atoms with Gasteiger partial charge in [0, 0.05) is 31.7 Å². The molecule has 0 unspecified atom stereocenters. The standard InChI is InChI=1S/C12H15ClN4S/c1-3-14-11-5-4-9(13)10(16-11)8-18-12-15-6-7-17(12)2/h4-7H,3,8H2,1-2H3,(H,14,16). The van der Waals surface area contributed by atoms with Crippen LogP contribution in [0, 0.1) is 0 Å². The van der Waals surface area contributed by atoms with Crippen molar-refractivity contribution in [2.45, 2.75) is 17.8 Å². The molecule has 0 saturated heterocycles. The number of halogens is 1. The third kappa shape index (κ3) is 3.17. The van der Waals surface area contributed by atoms with E-state index in [0.717, 1.165) is 23.2 Å². The molecule has 1 N–H and O–H groups in total. The molecule has 2 aromatic heterocycles. The molecule has 0 aliphatic rings. The van der Waals surface area contributed by atoms with E-state index >= 15 is 0 Å². The second-order valence-corrected chi connectivity index (χ2v) is 5.11. The van der Waals surface area contributed by atoms with Crippen LogP contribution >= 0.6 is 23.4 Å². The molecule has 0 amide bonds. The summed E-state index contributed by atoms with van der Waals surface area (Å²) in [5.74, 6) is 1.57. The van der Waals surface area contributed by atoms with Crippen LogP contribution in [0.2, 0.25) is 5.02 Å². The number of imidazole rings is 1. The van der Waals surface area contributed by atoms with E-state index in [1.165, 1.54) is 0 Å². The van der Waals surface area contributed by atoms with Crippen LogP contribution in [0.5, 0.6) is 0 Å². The summed E-state index contributed by atoms with van der Waals surface area (Å²) in [6, 6.07) is 3.77. The summed E-state index contributed by atoms with van der Waals surface area (Å²) >= 11 is 7.77. The van der Waals surface area contributed by atoms with E-state index < -0.39 is 0 Å². The summed E-state index contributed by atoms with van der Waals surface area (Å²) in [5, 5.41) is 4.83. The number of hydrogen-bond acceptors (Lipinski definition) is 4. The highest BCUT2D eigenvalue weighted by atomic mass is 35.5. The molecule has 18 heavy (non-hydrogen) atoms. The Bertz CT molecular complexity index is 527. The van der Waals surface area contributed by atoms with Crippen molar-refractivity contribution in [3.63, 3.8) is 0 Å². The van der Waals surface area contributed by atoms with Crippen molar-refractivity contribution in [1.29, 1.82) is 0 Å². The van der Waals surface area contributed by atoms with Gasteiger partial charge in [-0.3, -0.25) is 0 Å². The first kappa shape index (κ1) is 13.2. The number of thioether (sulfide) groups is 1. The van der Waals surface area contributed by atoms with Crippen LogP contribution in [0.15, 0.2) is 29.7 Å². The maximum atomic E-state index is 6.15. The zero-order valence-electron chi connectivity index (χ0n) is 10.4. The normalized spacial score (nSPS) is 10.6. The minimum atomic E-state index is 0.693. The van der Waals surface area contributed by atoms with Gasteiger partial charge in [-0.05, 0) is 19.1 Å². The van der Waals surface area contributed by atoms with E-state index in [-0.39, 0.29) is 0 Å². The van der Waals surface area contributed by atoms with Gasteiger partial charge in [-0.2, -0.15) is 0 Å². The number of nitrogens with zero attached hydrogens (tertiary/aromatic N) is 3. The van der Waals surface area contributed by atoms with Crippen LogP contribution < -0.4 is 5.32 Å². The third-order valence-electron chi connectivity index (χ3n) is 2.39. The monoisotopic (exact) mass is 282 g/mol. The molecular weight excluding hydrogens is 268 g/mol. The van der Waals surface area contributed by atoms with Gasteiger partial charge in [-0.1, -0.05) is 23.4 Å². The van der Waals surface area contributed by atoms with E-state index in [0.29, 0.717) is 10.8 Å². The largest absolute Gasteiger partial charge is 0.370 e. The second-order valence-electron chi connectivity index (χ2n) is 3.76. The number of aryl methyl sites for hydroxylation is 1. The van der Waals surface area contributed by atoms with Gasteiger partial charge in [-0.15, -0.1) is 0 Å². The molecule has 2 aromatic rings. The molecule has 2 heterocycles. The quantitative estimate of drug-likeness (QED) is 0.855. The Morgan fingerprint density at radius 1 is 1.44 bits per heavy atom. The van der Waals surface area contributed by atoms with E-state index in [4.69, 9.17) is 11.6 Å². The molecule has 6 heteroatoms. The Labute approximate surface area is 116 Å². The fraction of sp³-hybridized carbons (Fsp3) is 0.333. The van der Waals surface area contributed by atoms with Gasteiger partial charge in [0.05, 0.1) is 10.7 Å². The number of aromatic nitrogens is 3. The lowest BCUT2D eigenvalue weighted by molar-refractivity contribution is 0.789. The Hall–Kier alpha value is -1.20. The lowest BCUT2D eigenvalue weighted by Gasteiger charge is -2.07. The number of hydrogen-bond donors (Lipinski definition) is 1. The number of nitrogens with one attached hydrogen (secondary N) is 1. The smallest absolute Gasteiger partial charge is 0.168 e. The Morgan fingerprint density at radius 2 is 2.28 bits per heavy atom. The van der Waals surface area contributed by atoms with E-state index in [9.17, 15) is 0 Å². The zero-order valence-corrected chi connectivity index (χ0v) is 11.9. The molecule has 0 bridgehead atoms. The highest BCUT2D eigenvalue weighted by Gasteiger charge is 2.07. The molecule has 4 nitrogen and oxygen atoms in total. The molecule has 0 spiro atoms. The average Bonchev–Trinajstić information content (AvgIpc) is 2.76. The number of pyridine rings is 1. The summed E-state index contributed by atoms with van der Waals surface area (Å²) in [6.45, 7) is 2.89. The van der Waals surface area contributed by atoms with Crippen LogP contribution in [-0.4, -0.2) is 21.1 Å². The van der Waals surface area contributed by atoms with E-state index in [1.54, 1.807) is 18.0 Å². The van der Waals surface area contributed by atoms with Crippen LogP contribution in [0.1, 0.15) is 12.6 Å². The van der Waals surface area contributed by atoms with Crippen molar-refractivity contribution >= 4 is 29.2 Å². The van der Waals surface area contributed by atoms with Gasteiger partial charge in [0.1, 0.15) is 5.82 Å². The Kier molecular flexibility index (Phi) is 4.49. The second kappa shape index (κ2) is 6.11. The third-order valence-corrected chi connectivity index (χ3v) is 3.80. The van der Waals surface area contributed by atoms with Crippen molar-refractivity contribution < 1.29 is 0 Å². The fourth-order valence-corrected chi connectivity index (χ4v) is 2.63. The number of anilines is 1. The van der Waals surface area contributed by atoms with Crippen LogP contribution in [0.25, 0.3) is 0 Å². The predicted octanol–water partition coefficient (Wildman–Crippen LogP) is 3.19. The first-order chi connectivity index (χ1) is 8.70. The first-order valence-electron chi connectivity index (χ1n) is 5.70. The van der Waals surface area contributed by atoms with Gasteiger partial charge in [0.25, 0.3) is 0 Å². The van der Waals surface area contributed by atoms with Crippen LogP contribution in [-0.2, 0) is 12.8 Å². The molecular formula is C12H15ClN4S. The van der Waals surface area contributed by atoms with Gasteiger partial charge < -0.3 is 9.88 Å². The molecule has 0 saturated carbocycles. The molecule has 0 aliphatic carbocycles. The van der Waals surface area contributed by atoms with E-state index in [2.05, 4.69) is 15.3 Å². The molecule has 0 fully saturated rings. The maximum Gasteiger partial charge on any atom is 0.168 e. The summed E-state index contributed by atoms with van der Waals surface area (Å²) in [4.78, 5) is 8.75. The zero-order chi connectivity index (χ0) is 13.0. The van der Waals surface area contributed by atoms with Crippen LogP contribution in [0.4, 0.5) is 5.82 Å². The Balaban J connectivity index is 2.08. The van der Waals surface area contributed by atoms with Crippen molar-refractivity contribution in [2.75, 3.05) is 11.9 Å². The lowest BCUT2D eigenvalue weighted by atomic mass is 10.3. The van der Waals surface area contributed by atoms with Gasteiger partial charge in [-0.25, -0.2) is 9.97 Å². The minimum absolute atomic E-state index is 0.693. The van der Waals surface area contributed by atoms with Crippen LogP contribution in [0.3, 0.4) is 0 Å². The predicted molar refractivity (Wildman–Crippen MR) is 76.2 cm³/mol. The summed E-state index contributed by atoms with van der Waals surface area (Å²) < 4.78 is 1.98. The fourth-order valence-electron chi connectivity index (χ4n) is 1.49. The molecule has 0 radical (unpaired) electrons. The molecule has 0 atom stereocenters. The molecule has 2 rings (SSSR count). The van der Waals surface area contributed by atoms with Gasteiger partial charge in [0.15, 0.2) is 5.16 Å². The van der Waals surface area contributed by atoms with E-state index in [1.807, 2.05) is 36.9 Å².